The van der Waals surface area contributed by atoms with E-state index in [0.29, 0.717) is 39.0 Å². The van der Waals surface area contributed by atoms with Crippen LogP contribution in [-0.2, 0) is 43.7 Å². The molecule has 0 saturated heterocycles. The molecule has 8 aromatic rings. The van der Waals surface area contributed by atoms with Gasteiger partial charge >= 0.3 is 0 Å². The van der Waals surface area contributed by atoms with E-state index in [1.165, 1.54) is 17.7 Å². The minimum absolute atomic E-state index is 0. The molecule has 0 aliphatic heterocycles. The Morgan fingerprint density at radius 3 is 2.05 bits per heavy atom. The number of nitrogens with zero attached hydrogens (tertiary/aromatic N) is 3. The molecule has 0 bridgehead atoms. The molecule has 0 spiro atoms. The summed E-state index contributed by atoms with van der Waals surface area (Å²) >= 11 is 0. The van der Waals surface area contributed by atoms with Gasteiger partial charge in [0.05, 0.1) is 5.58 Å². The molecular weight excluding hydrogens is 899 g/mol. The number of aromatic nitrogens is 3. The smallest absolute Gasteiger partial charge is 0.216 e. The molecule has 0 atom stereocenters. The molecule has 0 saturated carbocycles. The van der Waals surface area contributed by atoms with Crippen LogP contribution < -0.4 is 0 Å². The van der Waals surface area contributed by atoms with Gasteiger partial charge < -0.3 is 14.4 Å². The first kappa shape index (κ1) is 31.7. The van der Waals surface area contributed by atoms with Crippen molar-refractivity contribution >= 4 is 22.1 Å². The SMILES string of the molecule is [2H]C([2H])([2H])c1c[c-]c(-c2cc(-c3ccc(C([2H])([2H])C(C)(C)C)cc3)ccn2)cc1.[2H]C([2H])([2H])c1ccc2c(n1)oc1c(-c3cc(C([2H])([2H])C(C)(C)c4ccc(C(C)(C)C)cc4)ccn3)[c-]ccc12.[Ir]. The fourth-order valence-electron chi connectivity index (χ4n) is 6.80. The monoisotopic (exact) mass is 964 g/mol. The van der Waals surface area contributed by atoms with E-state index in [9.17, 15) is 2.74 Å². The van der Waals surface area contributed by atoms with Gasteiger partial charge in [-0.25, -0.2) is 4.98 Å². The van der Waals surface area contributed by atoms with E-state index in [0.717, 1.165) is 27.6 Å². The molecular formula is C54H55IrN3O-2. The molecule has 0 fully saturated rings. The standard InChI is InChI=1S/C31H31N2O.C23H24N.Ir/c1-20-10-15-25-24-8-7-9-26(28(24)34-29(25)33-20)27-18-21(16-17-32-27)19-31(5,6)23-13-11-22(12-14-23)30(2,3)4;1-17-5-9-20(10-6-17)22-15-21(13-14-24-22)19-11-7-18(8-12-19)16-23(2,3)4;/h7-8,10-18H,19H2,1-6H3;5-9,11-15H,16H2,1-4H3;/q2*-1;/i1D3,19D2;1D3,16D2;. The quantitative estimate of drug-likeness (QED) is 0.149. The summed E-state index contributed by atoms with van der Waals surface area (Å²) in [6.07, 6.45) is 0.139. The van der Waals surface area contributed by atoms with Crippen molar-refractivity contribution in [3.63, 3.8) is 0 Å². The number of pyridine rings is 3. The van der Waals surface area contributed by atoms with Gasteiger partial charge in [-0.15, -0.1) is 53.6 Å². The van der Waals surface area contributed by atoms with E-state index in [-0.39, 0.29) is 42.5 Å². The molecule has 0 amide bonds. The molecule has 4 nitrogen and oxygen atoms in total. The zero-order valence-corrected chi connectivity index (χ0v) is 37.1. The van der Waals surface area contributed by atoms with Crippen LogP contribution in [0.25, 0.3) is 55.7 Å². The van der Waals surface area contributed by atoms with Gasteiger partial charge in [-0.3, -0.25) is 0 Å². The van der Waals surface area contributed by atoms with Crippen molar-refractivity contribution in [1.29, 1.82) is 0 Å². The molecule has 4 aromatic heterocycles. The predicted molar refractivity (Wildman–Crippen MR) is 242 cm³/mol. The van der Waals surface area contributed by atoms with E-state index < -0.39 is 37.3 Å². The van der Waals surface area contributed by atoms with Crippen molar-refractivity contribution in [1.82, 2.24) is 15.0 Å². The molecule has 4 aromatic carbocycles. The van der Waals surface area contributed by atoms with Gasteiger partial charge in [0.2, 0.25) is 5.71 Å². The fraction of sp³-hybridized carbons (Fsp3) is 0.278. The van der Waals surface area contributed by atoms with Crippen molar-refractivity contribution in [3.8, 4) is 33.6 Å². The Hall–Kier alpha value is -5.22. The molecule has 303 valence electrons. The molecule has 4 heterocycles. The maximum absolute atomic E-state index is 9.22. The van der Waals surface area contributed by atoms with E-state index in [4.69, 9.17) is 15.4 Å². The largest absolute Gasteiger partial charge is 0.486 e. The van der Waals surface area contributed by atoms with Crippen LogP contribution >= 0.6 is 0 Å². The topological polar surface area (TPSA) is 51.8 Å². The summed E-state index contributed by atoms with van der Waals surface area (Å²) < 4.78 is 86.7. The van der Waals surface area contributed by atoms with Crippen LogP contribution in [0, 0.1) is 31.3 Å². The van der Waals surface area contributed by atoms with Crippen LogP contribution in [0.3, 0.4) is 0 Å². The summed E-state index contributed by atoms with van der Waals surface area (Å²) in [5.41, 5.74) is 7.23. The number of hydrogen-bond donors (Lipinski definition) is 0. The Kier molecular flexibility index (Phi) is 9.42. The molecule has 8 rings (SSSR count). The Bertz CT molecular complexity index is 3070. The summed E-state index contributed by atoms with van der Waals surface area (Å²) in [7, 11) is 0. The number of aryl methyl sites for hydroxylation is 2. The van der Waals surface area contributed by atoms with Crippen molar-refractivity contribution < 1.29 is 38.2 Å². The summed E-state index contributed by atoms with van der Waals surface area (Å²) in [5, 5.41) is 1.46. The van der Waals surface area contributed by atoms with Gasteiger partial charge in [0.1, 0.15) is 0 Å². The molecule has 1 radical (unpaired) electrons. The molecule has 0 N–H and O–H groups in total. The second kappa shape index (κ2) is 17.6. The second-order valence-electron chi connectivity index (χ2n) is 17.1. The van der Waals surface area contributed by atoms with E-state index in [2.05, 4.69) is 60.0 Å². The number of fused-ring (bicyclic) bond motifs is 3. The normalized spacial score (nSPS) is 15.3. The number of benzene rings is 4. The van der Waals surface area contributed by atoms with Gasteiger partial charge in [0.15, 0.2) is 0 Å². The zero-order valence-electron chi connectivity index (χ0n) is 44.7. The zero-order chi connectivity index (χ0) is 49.8. The minimum Gasteiger partial charge on any atom is -0.486 e. The fourth-order valence-corrected chi connectivity index (χ4v) is 6.80. The molecule has 0 unspecified atom stereocenters. The van der Waals surface area contributed by atoms with Gasteiger partial charge in [0.25, 0.3) is 0 Å². The summed E-state index contributed by atoms with van der Waals surface area (Å²) in [6, 6.07) is 40.7. The first-order valence-corrected chi connectivity index (χ1v) is 19.4. The van der Waals surface area contributed by atoms with Gasteiger partial charge in [0, 0.05) is 57.3 Å². The summed E-state index contributed by atoms with van der Waals surface area (Å²) in [6.45, 7) is 11.5. The maximum atomic E-state index is 9.22. The Morgan fingerprint density at radius 1 is 0.644 bits per heavy atom. The Morgan fingerprint density at radius 2 is 1.37 bits per heavy atom. The van der Waals surface area contributed by atoms with Crippen LogP contribution in [-0.4, -0.2) is 15.0 Å². The number of hydrogen-bond acceptors (Lipinski definition) is 4. The number of rotatable bonds is 7. The average Bonchev–Trinajstić information content (AvgIpc) is 3.67. The first-order valence-electron chi connectivity index (χ1n) is 24.4. The third-order valence-corrected chi connectivity index (χ3v) is 9.83. The van der Waals surface area contributed by atoms with E-state index >= 15 is 0 Å². The first-order chi connectivity index (χ1) is 31.5. The molecule has 59 heavy (non-hydrogen) atoms. The van der Waals surface area contributed by atoms with Crippen molar-refractivity contribution in [2.75, 3.05) is 0 Å². The number of furan rings is 1. The third-order valence-electron chi connectivity index (χ3n) is 9.83. The van der Waals surface area contributed by atoms with Gasteiger partial charge in [-0.2, -0.15) is 0 Å². The van der Waals surface area contributed by atoms with Crippen molar-refractivity contribution in [2.45, 2.75) is 92.7 Å². The van der Waals surface area contributed by atoms with E-state index in [1.807, 2.05) is 89.2 Å². The van der Waals surface area contributed by atoms with Crippen LogP contribution in [0.5, 0.6) is 0 Å². The predicted octanol–water partition coefficient (Wildman–Crippen LogP) is 14.1. The Labute approximate surface area is 379 Å². The van der Waals surface area contributed by atoms with Crippen LogP contribution in [0.2, 0.25) is 0 Å². The van der Waals surface area contributed by atoms with Crippen LogP contribution in [0.4, 0.5) is 0 Å². The third kappa shape index (κ3) is 10.5. The van der Waals surface area contributed by atoms with Crippen molar-refractivity contribution in [2.24, 2.45) is 5.41 Å². The van der Waals surface area contributed by atoms with Crippen LogP contribution in [0.1, 0.15) is 103 Å². The minimum atomic E-state index is -2.34. The van der Waals surface area contributed by atoms with Gasteiger partial charge in [-0.05, 0) is 99.3 Å². The maximum Gasteiger partial charge on any atom is 0.216 e. The molecule has 0 aliphatic rings. The van der Waals surface area contributed by atoms with Crippen LogP contribution in [0.15, 0.2) is 132 Å². The average molecular weight is 964 g/mol. The van der Waals surface area contributed by atoms with Gasteiger partial charge in [-0.1, -0.05) is 139 Å². The summed E-state index contributed by atoms with van der Waals surface area (Å²) in [5.74, 6) is 0. The molecule has 0 aliphatic carbocycles. The summed E-state index contributed by atoms with van der Waals surface area (Å²) in [4.78, 5) is 13.1. The van der Waals surface area contributed by atoms with E-state index in [1.54, 1.807) is 48.8 Å². The Balaban J connectivity index is 0.000000233. The molecule has 5 heteroatoms. The second-order valence-corrected chi connectivity index (χ2v) is 17.1. The van der Waals surface area contributed by atoms with Crippen molar-refractivity contribution in [3.05, 3.63) is 173 Å².